The van der Waals surface area contributed by atoms with Crippen molar-refractivity contribution in [3.8, 4) is 0 Å². The quantitative estimate of drug-likeness (QED) is 0.741. The van der Waals surface area contributed by atoms with Crippen LogP contribution in [0.1, 0.15) is 51.9 Å². The highest BCUT2D eigenvalue weighted by Crippen LogP contribution is 2.22. The van der Waals surface area contributed by atoms with Crippen LogP contribution in [0.5, 0.6) is 0 Å². The molecule has 0 spiro atoms. The van der Waals surface area contributed by atoms with Crippen molar-refractivity contribution in [1.29, 1.82) is 0 Å². The molecule has 0 aromatic rings. The molecule has 2 N–H and O–H groups in total. The summed E-state index contributed by atoms with van der Waals surface area (Å²) in [6.45, 7) is 4.63. The first-order chi connectivity index (χ1) is 9.79. The van der Waals surface area contributed by atoms with E-state index in [1.165, 1.54) is 24.8 Å². The van der Waals surface area contributed by atoms with Gasteiger partial charge in [0.25, 0.3) is 0 Å². The molecule has 122 valence electrons. The number of ether oxygens (including phenoxy) is 1. The Labute approximate surface area is 134 Å². The lowest BCUT2D eigenvalue weighted by Crippen LogP contribution is -2.40. The molecule has 1 aliphatic carbocycles. The van der Waals surface area contributed by atoms with E-state index in [0.29, 0.717) is 6.54 Å². The average molecular weight is 317 g/mol. The first-order valence-corrected chi connectivity index (χ1v) is 8.11. The Balaban J connectivity index is 0.00000220. The van der Waals surface area contributed by atoms with E-state index in [4.69, 9.17) is 4.74 Å². The van der Waals surface area contributed by atoms with E-state index in [1.54, 1.807) is 0 Å². The molecule has 0 bridgehead atoms. The Morgan fingerprint density at radius 1 is 1.43 bits per heavy atom. The molecule has 1 atom stereocenters. The topological polar surface area (TPSA) is 50.4 Å². The first-order valence-electron chi connectivity index (χ1n) is 8.11. The minimum Gasteiger partial charge on any atom is -0.365 e. The summed E-state index contributed by atoms with van der Waals surface area (Å²) in [6, 6.07) is 0. The van der Waals surface area contributed by atoms with Crippen LogP contribution in [0.4, 0.5) is 0 Å². The van der Waals surface area contributed by atoms with Gasteiger partial charge in [-0.3, -0.25) is 4.79 Å². The van der Waals surface area contributed by atoms with Crippen LogP contribution in [-0.2, 0) is 9.53 Å². The van der Waals surface area contributed by atoms with Gasteiger partial charge < -0.3 is 15.4 Å². The van der Waals surface area contributed by atoms with Crippen LogP contribution in [-0.4, -0.2) is 37.7 Å². The summed E-state index contributed by atoms with van der Waals surface area (Å²) in [5.41, 5.74) is 1.32. The number of halogens is 1. The highest BCUT2D eigenvalue weighted by atomic mass is 35.5. The molecule has 1 unspecified atom stereocenters. The lowest BCUT2D eigenvalue weighted by Gasteiger charge is -2.26. The third kappa shape index (κ3) is 6.37. The molecule has 5 heteroatoms. The number of hydrogen-bond acceptors (Lipinski definition) is 3. The van der Waals surface area contributed by atoms with Gasteiger partial charge in [0, 0.05) is 13.1 Å². The molecule has 21 heavy (non-hydrogen) atoms. The third-order valence-corrected chi connectivity index (χ3v) is 4.22. The predicted octanol–water partition coefficient (Wildman–Crippen LogP) is 2.57. The van der Waals surface area contributed by atoms with Gasteiger partial charge in [0.15, 0.2) is 0 Å². The van der Waals surface area contributed by atoms with E-state index in [1.807, 2.05) is 6.92 Å². The predicted molar refractivity (Wildman–Crippen MR) is 87.9 cm³/mol. The highest BCUT2D eigenvalue weighted by molar-refractivity contribution is 5.85. The van der Waals surface area contributed by atoms with Crippen LogP contribution in [0.3, 0.4) is 0 Å². The van der Waals surface area contributed by atoms with Gasteiger partial charge in [-0.05, 0) is 32.2 Å². The van der Waals surface area contributed by atoms with Gasteiger partial charge in [0.2, 0.25) is 5.91 Å². The number of carbonyl (C=O) groups excluding carboxylic acids is 1. The monoisotopic (exact) mass is 316 g/mol. The molecule has 1 aliphatic heterocycles. The van der Waals surface area contributed by atoms with Gasteiger partial charge in [-0.2, -0.15) is 0 Å². The molecule has 1 heterocycles. The van der Waals surface area contributed by atoms with Gasteiger partial charge in [0.05, 0.1) is 6.10 Å². The Morgan fingerprint density at radius 3 is 2.81 bits per heavy atom. The summed E-state index contributed by atoms with van der Waals surface area (Å²) in [5, 5.41) is 6.31. The molecular weight excluding hydrogens is 288 g/mol. The molecule has 1 saturated carbocycles. The molecule has 2 aliphatic rings. The molecule has 2 rings (SSSR count). The Morgan fingerprint density at radius 2 is 2.19 bits per heavy atom. The van der Waals surface area contributed by atoms with Crippen molar-refractivity contribution < 1.29 is 9.53 Å². The summed E-state index contributed by atoms with van der Waals surface area (Å²) in [6.07, 6.45) is 9.98. The molecule has 0 aromatic carbocycles. The van der Waals surface area contributed by atoms with Crippen LogP contribution in [0.25, 0.3) is 0 Å². The van der Waals surface area contributed by atoms with Crippen molar-refractivity contribution >= 4 is 18.3 Å². The minimum absolute atomic E-state index is 0. The maximum atomic E-state index is 12.2. The fourth-order valence-electron chi connectivity index (χ4n) is 2.92. The number of amides is 1. The largest absolute Gasteiger partial charge is 0.365 e. The van der Waals surface area contributed by atoms with E-state index in [0.717, 1.165) is 38.8 Å². The van der Waals surface area contributed by atoms with E-state index >= 15 is 0 Å². The number of nitrogens with one attached hydrogen (secondary N) is 2. The van der Waals surface area contributed by atoms with Gasteiger partial charge >= 0.3 is 0 Å². The second-order valence-corrected chi connectivity index (χ2v) is 5.83. The Bertz CT molecular complexity index is 341. The zero-order chi connectivity index (χ0) is 14.2. The summed E-state index contributed by atoms with van der Waals surface area (Å²) < 4.78 is 6.00. The van der Waals surface area contributed by atoms with E-state index in [2.05, 4.69) is 16.7 Å². The molecular formula is C16H29ClN2O2. The molecule has 1 amide bonds. The molecule has 0 aromatic heterocycles. The van der Waals surface area contributed by atoms with Gasteiger partial charge in [-0.1, -0.05) is 37.8 Å². The second-order valence-electron chi connectivity index (χ2n) is 5.83. The van der Waals surface area contributed by atoms with Crippen molar-refractivity contribution in [2.24, 2.45) is 0 Å². The van der Waals surface area contributed by atoms with Gasteiger partial charge in [0.1, 0.15) is 6.10 Å². The lowest BCUT2D eigenvalue weighted by molar-refractivity contribution is -0.138. The zero-order valence-electron chi connectivity index (χ0n) is 13.0. The Kier molecular flexibility index (Phi) is 8.97. The lowest BCUT2D eigenvalue weighted by atomic mass is 9.97. The molecule has 0 saturated heterocycles. The number of hydrogen-bond donors (Lipinski definition) is 2. The van der Waals surface area contributed by atoms with E-state index < -0.39 is 0 Å². The van der Waals surface area contributed by atoms with Crippen LogP contribution < -0.4 is 10.6 Å². The van der Waals surface area contributed by atoms with Crippen molar-refractivity contribution in [3.63, 3.8) is 0 Å². The summed E-state index contributed by atoms with van der Waals surface area (Å²) in [7, 11) is 0. The van der Waals surface area contributed by atoms with Crippen LogP contribution in [0.2, 0.25) is 0 Å². The SMILES string of the molecule is CCC(OC1CCCCC1)C(=O)NCC1=CCNCC1.Cl. The molecule has 1 fully saturated rings. The standard InChI is InChI=1S/C16H28N2O2.ClH/c1-2-15(20-14-6-4-3-5-7-14)16(19)18-12-13-8-10-17-11-9-13;/h8,14-15,17H,2-7,9-12H2,1H3,(H,18,19);1H. The normalized spacial score (nSPS) is 21.1. The van der Waals surface area contributed by atoms with Gasteiger partial charge in [-0.15, -0.1) is 12.4 Å². The first kappa shape index (κ1) is 18.5. The number of rotatable bonds is 6. The maximum absolute atomic E-state index is 12.2. The van der Waals surface area contributed by atoms with Crippen molar-refractivity contribution in [2.75, 3.05) is 19.6 Å². The Hall–Kier alpha value is -0.580. The second kappa shape index (κ2) is 10.2. The maximum Gasteiger partial charge on any atom is 0.249 e. The third-order valence-electron chi connectivity index (χ3n) is 4.22. The van der Waals surface area contributed by atoms with Crippen LogP contribution in [0.15, 0.2) is 11.6 Å². The zero-order valence-corrected chi connectivity index (χ0v) is 13.8. The average Bonchev–Trinajstić information content (AvgIpc) is 2.52. The fourth-order valence-corrected chi connectivity index (χ4v) is 2.92. The van der Waals surface area contributed by atoms with Gasteiger partial charge in [-0.25, -0.2) is 0 Å². The highest BCUT2D eigenvalue weighted by Gasteiger charge is 2.23. The van der Waals surface area contributed by atoms with Crippen LogP contribution in [0, 0.1) is 0 Å². The number of carbonyl (C=O) groups is 1. The van der Waals surface area contributed by atoms with Crippen molar-refractivity contribution in [3.05, 3.63) is 11.6 Å². The molecule has 4 nitrogen and oxygen atoms in total. The fraction of sp³-hybridized carbons (Fsp3) is 0.812. The van der Waals surface area contributed by atoms with Crippen molar-refractivity contribution in [1.82, 2.24) is 10.6 Å². The smallest absolute Gasteiger partial charge is 0.249 e. The molecule has 0 radical (unpaired) electrons. The van der Waals surface area contributed by atoms with E-state index in [-0.39, 0.29) is 30.5 Å². The van der Waals surface area contributed by atoms with E-state index in [9.17, 15) is 4.79 Å². The summed E-state index contributed by atoms with van der Waals surface area (Å²) in [4.78, 5) is 12.2. The summed E-state index contributed by atoms with van der Waals surface area (Å²) in [5.74, 6) is 0.0532. The van der Waals surface area contributed by atoms with Crippen molar-refractivity contribution in [2.45, 2.75) is 64.1 Å². The van der Waals surface area contributed by atoms with Crippen LogP contribution >= 0.6 is 12.4 Å². The minimum atomic E-state index is -0.277. The summed E-state index contributed by atoms with van der Waals surface area (Å²) >= 11 is 0.